The van der Waals surface area contributed by atoms with Crippen LogP contribution >= 0.6 is 31.9 Å². The van der Waals surface area contributed by atoms with Crippen LogP contribution in [0.1, 0.15) is 29.2 Å². The molecule has 1 aliphatic rings. The van der Waals surface area contributed by atoms with E-state index in [-0.39, 0.29) is 11.9 Å². The first-order chi connectivity index (χ1) is 9.56. The number of hydrogen-bond donors (Lipinski definition) is 1. The topological polar surface area (TPSA) is 12.0 Å². The summed E-state index contributed by atoms with van der Waals surface area (Å²) in [6, 6.07) is 9.91. The molecule has 0 fully saturated rings. The third-order valence-corrected chi connectivity index (χ3v) is 5.16. The van der Waals surface area contributed by atoms with Gasteiger partial charge in [0, 0.05) is 10.2 Å². The van der Waals surface area contributed by atoms with E-state index in [0.717, 1.165) is 28.6 Å². The molecule has 1 N–H and O–H groups in total. The highest BCUT2D eigenvalue weighted by atomic mass is 79.9. The van der Waals surface area contributed by atoms with Crippen LogP contribution < -0.4 is 5.32 Å². The zero-order valence-corrected chi connectivity index (χ0v) is 14.2. The predicted octanol–water partition coefficient (Wildman–Crippen LogP) is 5.76. The van der Waals surface area contributed by atoms with Crippen molar-refractivity contribution in [3.05, 3.63) is 61.8 Å². The minimum absolute atomic E-state index is 0.231. The van der Waals surface area contributed by atoms with E-state index in [1.807, 2.05) is 13.0 Å². The molecule has 0 bridgehead atoms. The van der Waals surface area contributed by atoms with E-state index < -0.39 is 0 Å². The van der Waals surface area contributed by atoms with Gasteiger partial charge in [0.25, 0.3) is 0 Å². The lowest BCUT2D eigenvalue weighted by Gasteiger charge is -2.18. The second kappa shape index (κ2) is 5.49. The number of nitrogens with one attached hydrogen (secondary N) is 1. The highest BCUT2D eigenvalue weighted by Crippen LogP contribution is 2.38. The fourth-order valence-corrected chi connectivity index (χ4v) is 3.79. The van der Waals surface area contributed by atoms with E-state index in [1.54, 1.807) is 6.07 Å². The van der Waals surface area contributed by atoms with Crippen LogP contribution in [-0.2, 0) is 6.42 Å². The number of anilines is 1. The van der Waals surface area contributed by atoms with Crippen molar-refractivity contribution in [2.75, 3.05) is 5.32 Å². The summed E-state index contributed by atoms with van der Waals surface area (Å²) in [4.78, 5) is 0. The van der Waals surface area contributed by atoms with Gasteiger partial charge in [0.05, 0.1) is 10.5 Å². The van der Waals surface area contributed by atoms with E-state index >= 15 is 0 Å². The van der Waals surface area contributed by atoms with Gasteiger partial charge in [0.1, 0.15) is 5.82 Å². The maximum Gasteiger partial charge on any atom is 0.139 e. The van der Waals surface area contributed by atoms with E-state index in [0.29, 0.717) is 4.47 Å². The Balaban J connectivity index is 1.91. The largest absolute Gasteiger partial charge is 0.378 e. The third kappa shape index (κ3) is 2.51. The van der Waals surface area contributed by atoms with Crippen LogP contribution in [0.25, 0.3) is 0 Å². The van der Waals surface area contributed by atoms with Crippen LogP contribution in [0.2, 0.25) is 0 Å². The van der Waals surface area contributed by atoms with Gasteiger partial charge in [0.15, 0.2) is 0 Å². The molecule has 2 aromatic rings. The molecule has 0 spiro atoms. The van der Waals surface area contributed by atoms with Crippen molar-refractivity contribution in [3.8, 4) is 0 Å². The molecule has 0 saturated carbocycles. The molecule has 2 aromatic carbocycles. The summed E-state index contributed by atoms with van der Waals surface area (Å²) in [6.45, 7) is 1.99. The lowest BCUT2D eigenvalue weighted by molar-refractivity contribution is 0.620. The maximum atomic E-state index is 13.7. The summed E-state index contributed by atoms with van der Waals surface area (Å²) in [5.41, 5.74) is 4.58. The van der Waals surface area contributed by atoms with Gasteiger partial charge in [-0.15, -0.1) is 0 Å². The molecular weight excluding hydrogens is 385 g/mol. The minimum Gasteiger partial charge on any atom is -0.378 e. The Bertz CT molecular complexity index is 670. The van der Waals surface area contributed by atoms with Crippen molar-refractivity contribution in [1.82, 2.24) is 0 Å². The molecule has 1 nitrogen and oxygen atoms in total. The van der Waals surface area contributed by atoms with Crippen LogP contribution in [0.5, 0.6) is 0 Å². The molecule has 1 atom stereocenters. The first-order valence-electron chi connectivity index (χ1n) is 6.55. The van der Waals surface area contributed by atoms with Crippen LogP contribution in [0.15, 0.2) is 39.3 Å². The van der Waals surface area contributed by atoms with Gasteiger partial charge in [0.2, 0.25) is 0 Å². The van der Waals surface area contributed by atoms with Crippen molar-refractivity contribution in [3.63, 3.8) is 0 Å². The standard InChI is InChI=1S/C16H14Br2FN/c1-9-7-13(18)14(19)8-16(9)20-15-6-5-10-11(15)3-2-4-12(10)17/h2-4,7-8,15,20H,5-6H2,1H3. The first kappa shape index (κ1) is 14.1. The smallest absolute Gasteiger partial charge is 0.139 e. The molecule has 104 valence electrons. The van der Waals surface area contributed by atoms with Gasteiger partial charge >= 0.3 is 0 Å². The summed E-state index contributed by atoms with van der Waals surface area (Å²) < 4.78 is 15.4. The van der Waals surface area contributed by atoms with Gasteiger partial charge in [-0.25, -0.2) is 4.39 Å². The Labute approximate surface area is 134 Å². The monoisotopic (exact) mass is 397 g/mol. The summed E-state index contributed by atoms with van der Waals surface area (Å²) in [7, 11) is 0. The molecule has 0 heterocycles. The van der Waals surface area contributed by atoms with Gasteiger partial charge in [-0.05, 0) is 70.6 Å². The van der Waals surface area contributed by atoms with Crippen molar-refractivity contribution < 1.29 is 4.39 Å². The van der Waals surface area contributed by atoms with Crippen LogP contribution in [0, 0.1) is 12.7 Å². The molecule has 4 heteroatoms. The second-order valence-corrected chi connectivity index (χ2v) is 6.83. The average Bonchev–Trinajstić information content (AvgIpc) is 2.81. The molecule has 1 unspecified atom stereocenters. The van der Waals surface area contributed by atoms with E-state index in [4.69, 9.17) is 0 Å². The number of rotatable bonds is 2. The van der Waals surface area contributed by atoms with Gasteiger partial charge < -0.3 is 5.32 Å². The zero-order chi connectivity index (χ0) is 14.3. The molecule has 20 heavy (non-hydrogen) atoms. The van der Waals surface area contributed by atoms with E-state index in [9.17, 15) is 4.39 Å². The SMILES string of the molecule is Cc1cc(Br)c(F)cc1NC1CCc2c(Br)cccc21. The van der Waals surface area contributed by atoms with E-state index in [1.165, 1.54) is 11.1 Å². The molecule has 0 aromatic heterocycles. The quantitative estimate of drug-likeness (QED) is 0.678. The normalized spacial score (nSPS) is 17.1. The Kier molecular flexibility index (Phi) is 3.87. The van der Waals surface area contributed by atoms with Gasteiger partial charge in [-0.3, -0.25) is 0 Å². The van der Waals surface area contributed by atoms with E-state index in [2.05, 4.69) is 55.4 Å². The fraction of sp³-hybridized carbons (Fsp3) is 0.250. The summed E-state index contributed by atoms with van der Waals surface area (Å²) in [5.74, 6) is -0.231. The Morgan fingerprint density at radius 2 is 2.00 bits per heavy atom. The number of aryl methyl sites for hydroxylation is 1. The van der Waals surface area contributed by atoms with Crippen LogP contribution in [-0.4, -0.2) is 0 Å². The van der Waals surface area contributed by atoms with Crippen LogP contribution in [0.4, 0.5) is 10.1 Å². The Morgan fingerprint density at radius 3 is 2.80 bits per heavy atom. The molecule has 3 rings (SSSR count). The van der Waals surface area contributed by atoms with Crippen molar-refractivity contribution in [2.24, 2.45) is 0 Å². The number of hydrogen-bond acceptors (Lipinski definition) is 1. The first-order valence-corrected chi connectivity index (χ1v) is 8.14. The van der Waals surface area contributed by atoms with Crippen molar-refractivity contribution in [1.29, 1.82) is 0 Å². The second-order valence-electron chi connectivity index (χ2n) is 5.12. The third-order valence-electron chi connectivity index (χ3n) is 3.81. The lowest BCUT2D eigenvalue weighted by Crippen LogP contribution is -2.08. The number of halogens is 3. The van der Waals surface area contributed by atoms with Crippen LogP contribution in [0.3, 0.4) is 0 Å². The maximum absolute atomic E-state index is 13.7. The van der Waals surface area contributed by atoms with Gasteiger partial charge in [-0.2, -0.15) is 0 Å². The predicted molar refractivity (Wildman–Crippen MR) is 87.7 cm³/mol. The number of benzene rings is 2. The minimum atomic E-state index is -0.231. The number of fused-ring (bicyclic) bond motifs is 1. The molecule has 0 saturated heterocycles. The zero-order valence-electron chi connectivity index (χ0n) is 11.0. The van der Waals surface area contributed by atoms with Gasteiger partial charge in [-0.1, -0.05) is 28.1 Å². The molecule has 1 aliphatic carbocycles. The Hall–Kier alpha value is -0.870. The summed E-state index contributed by atoms with van der Waals surface area (Å²) in [6.07, 6.45) is 2.08. The van der Waals surface area contributed by atoms with Crippen molar-refractivity contribution >= 4 is 37.5 Å². The van der Waals surface area contributed by atoms with Crippen molar-refractivity contribution in [2.45, 2.75) is 25.8 Å². The average molecular weight is 399 g/mol. The molecule has 0 amide bonds. The lowest BCUT2D eigenvalue weighted by atomic mass is 10.1. The summed E-state index contributed by atoms with van der Waals surface area (Å²) in [5, 5.41) is 3.48. The Morgan fingerprint density at radius 1 is 1.20 bits per heavy atom. The fourth-order valence-electron chi connectivity index (χ4n) is 2.75. The molecule has 0 aliphatic heterocycles. The molecular formula is C16H14Br2FN. The highest BCUT2D eigenvalue weighted by molar-refractivity contribution is 9.10. The molecule has 0 radical (unpaired) electrons. The summed E-state index contributed by atoms with van der Waals surface area (Å²) >= 11 is 6.82. The highest BCUT2D eigenvalue weighted by Gasteiger charge is 2.24.